The van der Waals surface area contributed by atoms with E-state index in [9.17, 15) is 4.79 Å². The van der Waals surface area contributed by atoms with E-state index < -0.39 is 0 Å². The number of rotatable bonds is 7. The Morgan fingerprint density at radius 3 is 2.29 bits per heavy atom. The zero-order valence-corrected chi connectivity index (χ0v) is 19.8. The molecule has 0 aliphatic carbocycles. The minimum atomic E-state index is -0.0292. The molecule has 0 radical (unpaired) electrons. The number of ether oxygens (including phenoxy) is 1. The van der Waals surface area contributed by atoms with Crippen molar-refractivity contribution in [2.24, 2.45) is 0 Å². The second kappa shape index (κ2) is 10.6. The van der Waals surface area contributed by atoms with E-state index in [4.69, 9.17) is 9.72 Å². The maximum Gasteiger partial charge on any atom is 0.260 e. The fraction of sp³-hybridized carbons (Fsp3) is 0.214. The van der Waals surface area contributed by atoms with Crippen molar-refractivity contribution >= 4 is 28.1 Å². The number of aromatic nitrogens is 1. The van der Waals surface area contributed by atoms with Crippen LogP contribution in [0.1, 0.15) is 15.9 Å². The molecule has 5 nitrogen and oxygen atoms in total. The van der Waals surface area contributed by atoms with Gasteiger partial charge in [-0.15, -0.1) is 11.3 Å². The first-order chi connectivity index (χ1) is 16.8. The minimum Gasteiger partial charge on any atom is -0.378 e. The van der Waals surface area contributed by atoms with Crippen LogP contribution in [0.3, 0.4) is 0 Å². The molecule has 3 aromatic carbocycles. The predicted octanol–water partition coefficient (Wildman–Crippen LogP) is 5.54. The topological polar surface area (TPSA) is 45.7 Å². The monoisotopic (exact) mass is 469 g/mol. The molecule has 0 bridgehead atoms. The Hall–Kier alpha value is -3.48. The van der Waals surface area contributed by atoms with Gasteiger partial charge >= 0.3 is 0 Å². The van der Waals surface area contributed by atoms with Crippen LogP contribution in [0.15, 0.2) is 90.3 Å². The summed E-state index contributed by atoms with van der Waals surface area (Å²) in [6.45, 7) is 3.79. The Morgan fingerprint density at radius 1 is 0.912 bits per heavy atom. The number of thiazole rings is 1. The lowest BCUT2D eigenvalue weighted by Crippen LogP contribution is -2.36. The summed E-state index contributed by atoms with van der Waals surface area (Å²) in [6, 6.07) is 28.3. The first kappa shape index (κ1) is 22.3. The molecule has 1 aliphatic rings. The zero-order valence-electron chi connectivity index (χ0n) is 19.0. The Balaban J connectivity index is 1.39. The van der Waals surface area contributed by atoms with Crippen molar-refractivity contribution in [1.82, 2.24) is 4.98 Å². The summed E-state index contributed by atoms with van der Waals surface area (Å²) >= 11 is 1.51. The molecule has 5 rings (SSSR count). The minimum absolute atomic E-state index is 0.0292. The molecule has 1 fully saturated rings. The highest BCUT2D eigenvalue weighted by atomic mass is 32.1. The van der Waals surface area contributed by atoms with E-state index in [1.807, 2.05) is 83.1 Å². The first-order valence-electron chi connectivity index (χ1n) is 11.6. The lowest BCUT2D eigenvalue weighted by Gasteiger charge is -2.29. The van der Waals surface area contributed by atoms with Gasteiger partial charge in [-0.2, -0.15) is 0 Å². The SMILES string of the molecule is O=C(c1ccc(N2CCOCC2)cc1)N(CCc1ccccc1)c1nc(-c2ccccc2)cs1. The molecular weight excluding hydrogens is 442 g/mol. The van der Waals surface area contributed by atoms with Crippen molar-refractivity contribution in [2.45, 2.75) is 6.42 Å². The molecule has 0 N–H and O–H groups in total. The third kappa shape index (κ3) is 5.19. The highest BCUT2D eigenvalue weighted by molar-refractivity contribution is 7.14. The van der Waals surface area contributed by atoms with Gasteiger partial charge in [-0.25, -0.2) is 4.98 Å². The summed E-state index contributed by atoms with van der Waals surface area (Å²) in [5, 5.41) is 2.74. The van der Waals surface area contributed by atoms with Crippen LogP contribution in [0.2, 0.25) is 0 Å². The molecule has 172 valence electrons. The number of morpholine rings is 1. The number of amides is 1. The van der Waals surface area contributed by atoms with Crippen molar-refractivity contribution < 1.29 is 9.53 Å². The summed E-state index contributed by atoms with van der Waals surface area (Å²) in [6.07, 6.45) is 0.763. The number of hydrogen-bond donors (Lipinski definition) is 0. The molecular formula is C28H27N3O2S. The second-order valence-corrected chi connectivity index (χ2v) is 9.06. The number of anilines is 2. The van der Waals surface area contributed by atoms with Gasteiger partial charge in [-0.05, 0) is 36.2 Å². The highest BCUT2D eigenvalue weighted by Gasteiger charge is 2.22. The number of carbonyl (C=O) groups is 1. The van der Waals surface area contributed by atoms with Crippen LogP contribution >= 0.6 is 11.3 Å². The van der Waals surface area contributed by atoms with Gasteiger partial charge in [0.05, 0.1) is 18.9 Å². The van der Waals surface area contributed by atoms with Gasteiger partial charge in [0, 0.05) is 41.8 Å². The van der Waals surface area contributed by atoms with Crippen molar-refractivity contribution in [2.75, 3.05) is 42.6 Å². The zero-order chi connectivity index (χ0) is 23.2. The summed E-state index contributed by atoms with van der Waals surface area (Å²) in [5.74, 6) is -0.0292. The Bertz CT molecular complexity index is 1200. The third-order valence-corrected chi connectivity index (χ3v) is 6.86. The Labute approximate surface area is 204 Å². The van der Waals surface area contributed by atoms with Gasteiger partial charge in [-0.3, -0.25) is 9.69 Å². The fourth-order valence-electron chi connectivity index (χ4n) is 4.09. The fourth-order valence-corrected chi connectivity index (χ4v) is 4.95. The van der Waals surface area contributed by atoms with E-state index in [-0.39, 0.29) is 5.91 Å². The molecule has 1 saturated heterocycles. The summed E-state index contributed by atoms with van der Waals surface area (Å²) < 4.78 is 5.45. The second-order valence-electron chi connectivity index (χ2n) is 8.22. The number of nitrogens with zero attached hydrogens (tertiary/aromatic N) is 3. The lowest BCUT2D eigenvalue weighted by molar-refractivity contribution is 0.0987. The maximum atomic E-state index is 13.7. The van der Waals surface area contributed by atoms with Crippen LogP contribution in [0, 0.1) is 0 Å². The maximum absolute atomic E-state index is 13.7. The van der Waals surface area contributed by atoms with Crippen LogP contribution in [0.4, 0.5) is 10.8 Å². The van der Waals surface area contributed by atoms with Gasteiger partial charge in [0.25, 0.3) is 5.91 Å². The molecule has 1 aliphatic heterocycles. The van der Waals surface area contributed by atoms with Crippen molar-refractivity contribution in [3.8, 4) is 11.3 Å². The molecule has 34 heavy (non-hydrogen) atoms. The number of benzene rings is 3. The molecule has 0 saturated carbocycles. The van der Waals surface area contributed by atoms with Crippen LogP contribution in [0.25, 0.3) is 11.3 Å². The van der Waals surface area contributed by atoms with E-state index in [1.165, 1.54) is 16.9 Å². The number of carbonyl (C=O) groups excluding carboxylic acids is 1. The van der Waals surface area contributed by atoms with E-state index in [2.05, 4.69) is 17.0 Å². The van der Waals surface area contributed by atoms with E-state index >= 15 is 0 Å². The van der Waals surface area contributed by atoms with Gasteiger partial charge in [0.1, 0.15) is 0 Å². The molecule has 0 spiro atoms. The molecule has 1 aromatic heterocycles. The summed E-state index contributed by atoms with van der Waals surface area (Å²) in [7, 11) is 0. The van der Waals surface area contributed by atoms with Crippen molar-refractivity contribution in [3.05, 3.63) is 101 Å². The average molecular weight is 470 g/mol. The standard InChI is InChI=1S/C28H27N3O2S/c32-27(24-11-13-25(14-12-24)30-17-19-33-20-18-30)31(16-15-22-7-3-1-4-8-22)28-29-26(21-34-28)23-9-5-2-6-10-23/h1-14,21H,15-20H2. The highest BCUT2D eigenvalue weighted by Crippen LogP contribution is 2.29. The first-order valence-corrected chi connectivity index (χ1v) is 12.5. The lowest BCUT2D eigenvalue weighted by atomic mass is 10.1. The predicted molar refractivity (Wildman–Crippen MR) is 139 cm³/mol. The molecule has 6 heteroatoms. The molecule has 0 unspecified atom stereocenters. The van der Waals surface area contributed by atoms with Crippen molar-refractivity contribution in [1.29, 1.82) is 0 Å². The summed E-state index contributed by atoms with van der Waals surface area (Å²) in [4.78, 5) is 22.6. The largest absolute Gasteiger partial charge is 0.378 e. The summed E-state index contributed by atoms with van der Waals surface area (Å²) in [5.41, 5.74) is 4.93. The molecule has 1 amide bonds. The quantitative estimate of drug-likeness (QED) is 0.357. The normalized spacial score (nSPS) is 13.6. The van der Waals surface area contributed by atoms with Crippen LogP contribution in [-0.2, 0) is 11.2 Å². The van der Waals surface area contributed by atoms with Crippen LogP contribution < -0.4 is 9.80 Å². The van der Waals surface area contributed by atoms with Gasteiger partial charge in [0.15, 0.2) is 5.13 Å². The average Bonchev–Trinajstić information content (AvgIpc) is 3.40. The van der Waals surface area contributed by atoms with Crippen LogP contribution in [-0.4, -0.2) is 43.7 Å². The number of hydrogen-bond acceptors (Lipinski definition) is 5. The smallest absolute Gasteiger partial charge is 0.260 e. The van der Waals surface area contributed by atoms with Crippen LogP contribution in [0.5, 0.6) is 0 Å². The van der Waals surface area contributed by atoms with Crippen molar-refractivity contribution in [3.63, 3.8) is 0 Å². The van der Waals surface area contributed by atoms with Gasteiger partial charge < -0.3 is 9.64 Å². The van der Waals surface area contributed by atoms with E-state index in [0.29, 0.717) is 12.1 Å². The van der Waals surface area contributed by atoms with E-state index in [0.717, 1.165) is 54.8 Å². The molecule has 4 aromatic rings. The Morgan fingerprint density at radius 2 is 1.59 bits per heavy atom. The van der Waals surface area contributed by atoms with Gasteiger partial charge in [-0.1, -0.05) is 60.7 Å². The molecule has 0 atom stereocenters. The molecule has 2 heterocycles. The van der Waals surface area contributed by atoms with Gasteiger partial charge in [0.2, 0.25) is 0 Å². The Kier molecular flexibility index (Phi) is 6.98. The third-order valence-electron chi connectivity index (χ3n) is 6.00. The van der Waals surface area contributed by atoms with E-state index in [1.54, 1.807) is 0 Å².